The van der Waals surface area contributed by atoms with Gasteiger partial charge in [-0.1, -0.05) is 224 Å². The predicted molar refractivity (Wildman–Crippen MR) is 281 cm³/mol. The maximum Gasteiger partial charge on any atom is 0.616 e. The molecule has 0 aliphatic carbocycles. The summed E-state index contributed by atoms with van der Waals surface area (Å²) in [6, 6.07) is 17.0. The zero-order valence-corrected chi connectivity index (χ0v) is 48.0. The molecular formula is C58H84O8P2. The molecule has 2 heterocycles. The lowest BCUT2D eigenvalue weighted by Crippen LogP contribution is -2.24. The van der Waals surface area contributed by atoms with E-state index < -0.39 is 37.3 Å². The lowest BCUT2D eigenvalue weighted by molar-refractivity contribution is -0.136. The molecule has 8 nitrogen and oxygen atoms in total. The number of hydrogen-bond acceptors (Lipinski definition) is 8. The van der Waals surface area contributed by atoms with Crippen LogP contribution in [0.1, 0.15) is 233 Å². The molecule has 0 aromatic heterocycles. The van der Waals surface area contributed by atoms with Gasteiger partial charge in [0.25, 0.3) is 0 Å². The third-order valence-electron chi connectivity index (χ3n) is 13.1. The van der Waals surface area contributed by atoms with Gasteiger partial charge in [-0.2, -0.15) is 0 Å². The van der Waals surface area contributed by atoms with Crippen LogP contribution >= 0.6 is 15.6 Å². The first kappa shape index (κ1) is 53.8. The fraction of sp³-hybridized carbons (Fsp3) is 0.586. The Morgan fingerprint density at radius 1 is 0.309 bits per heavy atom. The molecule has 0 saturated heterocycles. The molecule has 0 atom stereocenters. The number of hydrogen-bond donors (Lipinski definition) is 0. The van der Waals surface area contributed by atoms with Gasteiger partial charge in [0.2, 0.25) is 0 Å². The Morgan fingerprint density at radius 2 is 0.485 bits per heavy atom. The first-order valence-electron chi connectivity index (χ1n) is 24.5. The fourth-order valence-corrected chi connectivity index (χ4v) is 11.3. The van der Waals surface area contributed by atoms with E-state index in [1.165, 1.54) is 0 Å². The van der Waals surface area contributed by atoms with Crippen LogP contribution in [0.2, 0.25) is 0 Å². The van der Waals surface area contributed by atoms with Crippen molar-refractivity contribution in [3.63, 3.8) is 0 Å². The van der Waals surface area contributed by atoms with Crippen molar-refractivity contribution >= 4 is 15.6 Å². The maximum absolute atomic E-state index is 16.0. The minimum Gasteiger partial charge on any atom is -0.393 e. The van der Waals surface area contributed by atoms with Crippen molar-refractivity contribution in [1.82, 2.24) is 0 Å². The van der Waals surface area contributed by atoms with Crippen LogP contribution in [0.3, 0.4) is 0 Å². The minimum atomic E-state index is -4.96. The Morgan fingerprint density at radius 3 is 0.632 bits per heavy atom. The molecule has 4 aromatic rings. The molecule has 68 heavy (non-hydrogen) atoms. The maximum atomic E-state index is 16.0. The smallest absolute Gasteiger partial charge is 0.393 e. The van der Waals surface area contributed by atoms with Crippen LogP contribution in [0.5, 0.6) is 23.0 Å². The van der Waals surface area contributed by atoms with E-state index in [4.69, 9.17) is 27.4 Å². The molecule has 0 unspecified atom stereocenters. The highest BCUT2D eigenvalue weighted by Gasteiger charge is 2.48. The van der Waals surface area contributed by atoms with Crippen molar-refractivity contribution in [1.29, 1.82) is 0 Å². The van der Waals surface area contributed by atoms with E-state index in [1.807, 2.05) is 0 Å². The average molecular weight is 971 g/mol. The van der Waals surface area contributed by atoms with E-state index in [0.29, 0.717) is 35.8 Å². The monoisotopic (exact) mass is 971 g/mol. The number of fused-ring (bicyclic) bond motifs is 4. The first-order valence-corrected chi connectivity index (χ1v) is 27.4. The normalized spacial score (nSPS) is 16.8. The molecule has 2 aliphatic rings. The molecular weight excluding hydrogens is 887 g/mol. The molecule has 0 saturated carbocycles. The predicted octanol–water partition coefficient (Wildman–Crippen LogP) is 17.7. The molecule has 0 fully saturated rings. The van der Waals surface area contributed by atoms with Crippen molar-refractivity contribution < 1.29 is 36.6 Å². The Labute approximate surface area is 411 Å². The number of rotatable bonds is 3. The second-order valence-corrected chi connectivity index (χ2v) is 30.6. The molecule has 0 radical (unpaired) electrons. The largest absolute Gasteiger partial charge is 0.616 e. The second-order valence-electron chi connectivity index (χ2n) is 27.8. The van der Waals surface area contributed by atoms with E-state index in [9.17, 15) is 0 Å². The Kier molecular flexibility index (Phi) is 13.5. The van der Waals surface area contributed by atoms with Gasteiger partial charge >= 0.3 is 15.6 Å². The van der Waals surface area contributed by atoms with E-state index in [1.54, 1.807) is 0 Å². The quantitative estimate of drug-likeness (QED) is 0.114. The number of benzene rings is 4. The highest BCUT2D eigenvalue weighted by Crippen LogP contribution is 2.63. The van der Waals surface area contributed by atoms with Crippen molar-refractivity contribution in [2.45, 2.75) is 222 Å². The first-order chi connectivity index (χ1) is 30.4. The van der Waals surface area contributed by atoms with Crippen LogP contribution in [0.4, 0.5) is 0 Å². The number of phosphoric ester groups is 2. The summed E-state index contributed by atoms with van der Waals surface area (Å²) in [4.78, 5) is 0. The summed E-state index contributed by atoms with van der Waals surface area (Å²) in [5, 5.41) is 0. The summed E-state index contributed by atoms with van der Waals surface area (Å²) in [5.41, 5.74) is 8.22. The van der Waals surface area contributed by atoms with E-state index in [2.05, 4.69) is 215 Å². The third-order valence-corrected chi connectivity index (χ3v) is 15.4. The topological polar surface area (TPSA) is 89.5 Å². The van der Waals surface area contributed by atoms with Crippen molar-refractivity contribution in [3.8, 4) is 23.0 Å². The Balaban J connectivity index is 1.65. The molecule has 6 rings (SSSR count). The van der Waals surface area contributed by atoms with Gasteiger partial charge in [-0.05, 0) is 87.8 Å². The average Bonchev–Trinajstić information content (AvgIpc) is 3.11. The molecule has 374 valence electrons. The number of phosphoric acid groups is 2. The molecule has 10 heteroatoms. The van der Waals surface area contributed by atoms with E-state index in [0.717, 1.165) is 66.8 Å². The van der Waals surface area contributed by atoms with Gasteiger partial charge in [0.15, 0.2) is 0 Å². The molecule has 2 aliphatic heterocycles. The van der Waals surface area contributed by atoms with Gasteiger partial charge in [-0.15, -0.1) is 0 Å². The zero-order valence-electron chi connectivity index (χ0n) is 46.2. The third kappa shape index (κ3) is 11.5. The summed E-state index contributed by atoms with van der Waals surface area (Å²) in [6.45, 7) is 51.4. The minimum absolute atomic E-state index is 0.220. The van der Waals surface area contributed by atoms with Crippen molar-refractivity contribution in [2.75, 3.05) is 0 Å². The van der Waals surface area contributed by atoms with Crippen LogP contribution in [0.15, 0.2) is 48.5 Å². The Bertz CT molecular complexity index is 2340. The van der Waals surface area contributed by atoms with Gasteiger partial charge in [-0.3, -0.25) is 0 Å². The van der Waals surface area contributed by atoms with Crippen molar-refractivity contribution in [2.24, 2.45) is 0 Å². The van der Waals surface area contributed by atoms with Gasteiger partial charge in [0.05, 0.1) is 0 Å². The molecule has 0 spiro atoms. The SMILES string of the molecule is CC(C)(C)c1cc2c(c(C(C)(C)C)c1)OP(=O)(OOP1(=O)Oc3c(cc(C(C)(C)C)cc3C(C)(C)C)Cc3cc(C(C)(C)C)cc(C(C)(C)C)c3O1)Oc1c(cc(C(C)(C)C)cc1C(C)(C)C)C2. The molecule has 0 amide bonds. The standard InChI is InChI=1S/C58H84O8P2/c1-51(2,3)39-27-35-25-36-28-40(52(4,5)6)32-44(56(16,17)18)48(36)62-67(59,61-47(35)43(31-39)55(13,14)15)65-66-68(60)63-49-37(29-41(53(7,8)9)33-45(49)57(19,20)21)26-38-30-42(54(10,11)12)34-46(50(38)64-68)58(22,23)24/h27-34H,25-26H2,1-24H3. The summed E-state index contributed by atoms with van der Waals surface area (Å²) >= 11 is 0. The van der Waals surface area contributed by atoms with Gasteiger partial charge in [-0.25, -0.2) is 9.13 Å². The summed E-state index contributed by atoms with van der Waals surface area (Å²) in [5.74, 6) is 1.46. The lowest BCUT2D eigenvalue weighted by Gasteiger charge is -2.35. The van der Waals surface area contributed by atoms with Gasteiger partial charge in [0.1, 0.15) is 23.0 Å². The van der Waals surface area contributed by atoms with Crippen LogP contribution in [-0.2, 0) is 74.6 Å². The van der Waals surface area contributed by atoms with Crippen LogP contribution in [0.25, 0.3) is 0 Å². The second kappa shape index (κ2) is 17.1. The van der Waals surface area contributed by atoms with Crippen LogP contribution in [0, 0.1) is 0 Å². The molecule has 0 bridgehead atoms. The Hall–Kier alpha value is -3.54. The fourth-order valence-electron chi connectivity index (χ4n) is 8.71. The lowest BCUT2D eigenvalue weighted by atomic mass is 9.76. The van der Waals surface area contributed by atoms with Crippen LogP contribution in [-0.4, -0.2) is 0 Å². The summed E-state index contributed by atoms with van der Waals surface area (Å²) < 4.78 is 71.2. The highest BCUT2D eigenvalue weighted by atomic mass is 31.2. The van der Waals surface area contributed by atoms with Crippen molar-refractivity contribution in [3.05, 3.63) is 115 Å². The van der Waals surface area contributed by atoms with E-state index >= 15 is 9.13 Å². The molecule has 0 N–H and O–H groups in total. The highest BCUT2D eigenvalue weighted by molar-refractivity contribution is 7.51. The zero-order chi connectivity index (χ0) is 51.6. The van der Waals surface area contributed by atoms with Gasteiger partial charge < -0.3 is 18.1 Å². The van der Waals surface area contributed by atoms with E-state index in [-0.39, 0.29) is 21.7 Å². The van der Waals surface area contributed by atoms with Crippen LogP contribution < -0.4 is 18.1 Å². The molecule has 4 aromatic carbocycles. The summed E-state index contributed by atoms with van der Waals surface area (Å²) in [7, 11) is -9.92. The van der Waals surface area contributed by atoms with Gasteiger partial charge in [0, 0.05) is 35.1 Å². The summed E-state index contributed by atoms with van der Waals surface area (Å²) in [6.07, 6.45) is 0.865.